The highest BCUT2D eigenvalue weighted by Crippen LogP contribution is 2.46. The van der Waals surface area contributed by atoms with Gasteiger partial charge in [0.05, 0.1) is 11.4 Å². The molecule has 3 aromatic carbocycles. The molecular formula is C22H19NO. The Labute approximate surface area is 142 Å². The molecule has 2 nitrogen and oxygen atoms in total. The molecule has 0 aliphatic carbocycles. The maximum absolute atomic E-state index is 6.04. The molecule has 1 aliphatic heterocycles. The van der Waals surface area contributed by atoms with Gasteiger partial charge in [0.2, 0.25) is 0 Å². The van der Waals surface area contributed by atoms with Crippen molar-refractivity contribution in [1.82, 2.24) is 0 Å². The van der Waals surface area contributed by atoms with Crippen LogP contribution in [0.5, 0.6) is 11.5 Å². The lowest BCUT2D eigenvalue weighted by atomic mass is 10.1. The average Bonchev–Trinajstić information content (AvgIpc) is 2.65. The SMILES string of the molecule is C=Cc1cccc(CCN2c3ccccc3Oc3ccccc32)c1. The molecule has 0 spiro atoms. The molecule has 2 heteroatoms. The van der Waals surface area contributed by atoms with Crippen LogP contribution in [-0.4, -0.2) is 6.54 Å². The summed E-state index contributed by atoms with van der Waals surface area (Å²) in [7, 11) is 0. The van der Waals surface area contributed by atoms with Gasteiger partial charge in [-0.05, 0) is 41.8 Å². The Morgan fingerprint density at radius 2 is 1.50 bits per heavy atom. The third-order valence-corrected chi connectivity index (χ3v) is 4.34. The van der Waals surface area contributed by atoms with Crippen molar-refractivity contribution in [2.24, 2.45) is 0 Å². The monoisotopic (exact) mass is 313 g/mol. The van der Waals surface area contributed by atoms with Crippen molar-refractivity contribution < 1.29 is 4.74 Å². The number of nitrogens with zero attached hydrogens (tertiary/aromatic N) is 1. The molecule has 0 radical (unpaired) electrons. The number of para-hydroxylation sites is 4. The Hall–Kier alpha value is -3.00. The van der Waals surface area contributed by atoms with Crippen LogP contribution in [-0.2, 0) is 6.42 Å². The summed E-state index contributed by atoms with van der Waals surface area (Å²) in [6.45, 7) is 4.76. The lowest BCUT2D eigenvalue weighted by Crippen LogP contribution is -2.23. The van der Waals surface area contributed by atoms with Gasteiger partial charge in [-0.3, -0.25) is 0 Å². The highest BCUT2D eigenvalue weighted by molar-refractivity contribution is 5.77. The Kier molecular flexibility index (Phi) is 3.80. The van der Waals surface area contributed by atoms with Crippen LogP contribution in [0.15, 0.2) is 79.4 Å². The number of ether oxygens (including phenoxy) is 1. The lowest BCUT2D eigenvalue weighted by molar-refractivity contribution is 0.473. The maximum atomic E-state index is 6.04. The Morgan fingerprint density at radius 3 is 2.17 bits per heavy atom. The molecule has 1 aliphatic rings. The van der Waals surface area contributed by atoms with Gasteiger partial charge >= 0.3 is 0 Å². The van der Waals surface area contributed by atoms with Gasteiger partial charge in [-0.15, -0.1) is 0 Å². The van der Waals surface area contributed by atoms with Crippen LogP contribution < -0.4 is 9.64 Å². The number of anilines is 2. The van der Waals surface area contributed by atoms with E-state index in [4.69, 9.17) is 4.74 Å². The van der Waals surface area contributed by atoms with E-state index in [1.165, 1.54) is 5.56 Å². The van der Waals surface area contributed by atoms with Crippen molar-refractivity contribution >= 4 is 17.5 Å². The van der Waals surface area contributed by atoms with Crippen molar-refractivity contribution in [2.75, 3.05) is 11.4 Å². The van der Waals surface area contributed by atoms with E-state index >= 15 is 0 Å². The normalized spacial score (nSPS) is 12.1. The molecular weight excluding hydrogens is 294 g/mol. The van der Waals surface area contributed by atoms with Crippen LogP contribution in [0.2, 0.25) is 0 Å². The summed E-state index contributed by atoms with van der Waals surface area (Å²) >= 11 is 0. The summed E-state index contributed by atoms with van der Waals surface area (Å²) in [6, 6.07) is 25.0. The third-order valence-electron chi connectivity index (χ3n) is 4.34. The third kappa shape index (κ3) is 2.67. The van der Waals surface area contributed by atoms with Crippen LogP contribution >= 0.6 is 0 Å². The minimum atomic E-state index is 0.901. The van der Waals surface area contributed by atoms with Crippen LogP contribution in [0.25, 0.3) is 6.08 Å². The van der Waals surface area contributed by atoms with E-state index < -0.39 is 0 Å². The summed E-state index contributed by atoms with van der Waals surface area (Å²) in [5.41, 5.74) is 4.72. The first-order valence-corrected chi connectivity index (χ1v) is 8.20. The molecule has 4 rings (SSSR count). The van der Waals surface area contributed by atoms with E-state index in [9.17, 15) is 0 Å². The summed E-state index contributed by atoms with van der Waals surface area (Å²) < 4.78 is 6.04. The van der Waals surface area contributed by atoms with Gasteiger partial charge < -0.3 is 9.64 Å². The molecule has 0 aromatic heterocycles. The topological polar surface area (TPSA) is 12.5 Å². The number of hydrogen-bond acceptors (Lipinski definition) is 2. The molecule has 0 saturated carbocycles. The van der Waals surface area contributed by atoms with Gasteiger partial charge in [-0.2, -0.15) is 0 Å². The first-order valence-electron chi connectivity index (χ1n) is 8.20. The molecule has 0 N–H and O–H groups in total. The Bertz CT molecular complexity index is 839. The predicted octanol–water partition coefficient (Wildman–Crippen LogP) is 5.82. The zero-order valence-electron chi connectivity index (χ0n) is 13.5. The lowest BCUT2D eigenvalue weighted by Gasteiger charge is -2.32. The molecule has 3 aromatic rings. The maximum Gasteiger partial charge on any atom is 0.151 e. The van der Waals surface area contributed by atoms with Gasteiger partial charge in [0.25, 0.3) is 0 Å². The molecule has 24 heavy (non-hydrogen) atoms. The van der Waals surface area contributed by atoms with E-state index in [0.29, 0.717) is 0 Å². The van der Waals surface area contributed by atoms with Crippen LogP contribution in [0, 0.1) is 0 Å². The molecule has 0 fully saturated rings. The number of hydrogen-bond donors (Lipinski definition) is 0. The van der Waals surface area contributed by atoms with Crippen LogP contribution in [0.4, 0.5) is 11.4 Å². The second kappa shape index (κ2) is 6.25. The molecule has 0 atom stereocenters. The highest BCUT2D eigenvalue weighted by atomic mass is 16.5. The fraction of sp³-hybridized carbons (Fsp3) is 0.0909. The summed E-state index contributed by atoms with van der Waals surface area (Å²) in [5.74, 6) is 1.83. The van der Waals surface area contributed by atoms with Gasteiger partial charge in [0.1, 0.15) is 0 Å². The van der Waals surface area contributed by atoms with E-state index in [2.05, 4.69) is 60.0 Å². The van der Waals surface area contributed by atoms with Crippen molar-refractivity contribution in [2.45, 2.75) is 6.42 Å². The summed E-state index contributed by atoms with van der Waals surface area (Å²) in [5, 5.41) is 0. The van der Waals surface area contributed by atoms with E-state index in [-0.39, 0.29) is 0 Å². The number of rotatable bonds is 4. The van der Waals surface area contributed by atoms with Gasteiger partial charge in [0.15, 0.2) is 11.5 Å². The molecule has 118 valence electrons. The number of fused-ring (bicyclic) bond motifs is 2. The van der Waals surface area contributed by atoms with Crippen LogP contribution in [0.1, 0.15) is 11.1 Å². The summed E-state index contributed by atoms with van der Waals surface area (Å²) in [4.78, 5) is 2.34. The molecule has 0 amide bonds. The fourth-order valence-corrected chi connectivity index (χ4v) is 3.14. The standard InChI is InChI=1S/C22H19NO/c1-2-17-8-7-9-18(16-17)14-15-23-19-10-3-5-12-21(19)24-22-13-6-4-11-20(22)23/h2-13,16H,1,14-15H2. The van der Waals surface area contributed by atoms with Gasteiger partial charge in [0, 0.05) is 6.54 Å². The highest BCUT2D eigenvalue weighted by Gasteiger charge is 2.23. The Balaban J connectivity index is 1.66. The fourth-order valence-electron chi connectivity index (χ4n) is 3.14. The first-order chi connectivity index (χ1) is 11.8. The van der Waals surface area contributed by atoms with Crippen molar-refractivity contribution in [3.8, 4) is 11.5 Å². The quantitative estimate of drug-likeness (QED) is 0.602. The second-order valence-electron chi connectivity index (χ2n) is 5.89. The van der Waals surface area contributed by atoms with Crippen molar-refractivity contribution in [3.05, 3.63) is 90.5 Å². The van der Waals surface area contributed by atoms with Crippen molar-refractivity contribution in [1.29, 1.82) is 0 Å². The van der Waals surface area contributed by atoms with E-state index in [1.807, 2.05) is 30.3 Å². The first kappa shape index (κ1) is 14.6. The Morgan fingerprint density at radius 1 is 0.833 bits per heavy atom. The van der Waals surface area contributed by atoms with E-state index in [0.717, 1.165) is 41.4 Å². The predicted molar refractivity (Wildman–Crippen MR) is 100 cm³/mol. The molecule has 1 heterocycles. The van der Waals surface area contributed by atoms with Crippen LogP contribution in [0.3, 0.4) is 0 Å². The van der Waals surface area contributed by atoms with Gasteiger partial charge in [-0.1, -0.05) is 61.2 Å². The van der Waals surface area contributed by atoms with Crippen molar-refractivity contribution in [3.63, 3.8) is 0 Å². The summed E-state index contributed by atoms with van der Waals surface area (Å²) in [6.07, 6.45) is 2.85. The zero-order chi connectivity index (χ0) is 16.4. The molecule has 0 saturated heterocycles. The van der Waals surface area contributed by atoms with E-state index in [1.54, 1.807) is 0 Å². The number of benzene rings is 3. The average molecular weight is 313 g/mol. The molecule has 0 bridgehead atoms. The smallest absolute Gasteiger partial charge is 0.151 e. The minimum absolute atomic E-state index is 0.901. The molecule has 0 unspecified atom stereocenters. The minimum Gasteiger partial charge on any atom is -0.453 e. The largest absolute Gasteiger partial charge is 0.453 e. The second-order valence-corrected chi connectivity index (χ2v) is 5.89. The van der Waals surface area contributed by atoms with Gasteiger partial charge in [-0.25, -0.2) is 0 Å². The zero-order valence-corrected chi connectivity index (χ0v) is 13.5.